The van der Waals surface area contributed by atoms with Crippen LogP contribution >= 0.6 is 23.2 Å². The maximum atomic E-state index is 12.0. The number of aliphatic hydroxyl groups excluding tert-OH is 1. The second-order valence-corrected chi connectivity index (χ2v) is 10.3. The normalized spacial score (nSPS) is 11.9. The molecular formula is C28H39Cl2N3O5. The van der Waals surface area contributed by atoms with Gasteiger partial charge in [0.2, 0.25) is 0 Å². The molecule has 1 atom stereocenters. The van der Waals surface area contributed by atoms with Gasteiger partial charge in [-0.1, -0.05) is 92.8 Å². The van der Waals surface area contributed by atoms with Crippen LogP contribution in [0.2, 0.25) is 10.0 Å². The first kappa shape index (κ1) is 31.8. The van der Waals surface area contributed by atoms with Crippen LogP contribution in [0.3, 0.4) is 0 Å². The number of nitrogen functional groups attached to an aromatic ring is 1. The summed E-state index contributed by atoms with van der Waals surface area (Å²) in [6.45, 7) is 1.64. The highest BCUT2D eigenvalue weighted by molar-refractivity contribution is 6.38. The molecule has 2 rings (SSSR count). The quantitative estimate of drug-likeness (QED) is 0.0559. The van der Waals surface area contributed by atoms with Gasteiger partial charge in [-0.15, -0.1) is 0 Å². The molecule has 2 aromatic carbocycles. The van der Waals surface area contributed by atoms with Gasteiger partial charge in [0.25, 0.3) is 5.69 Å². The van der Waals surface area contributed by atoms with Gasteiger partial charge in [-0.25, -0.2) is 0 Å². The molecule has 0 aliphatic carbocycles. The number of nitrogens with two attached hydrogens (primary N) is 1. The Bertz CT molecular complexity index is 999. The molecular weight excluding hydrogens is 529 g/mol. The summed E-state index contributed by atoms with van der Waals surface area (Å²) in [6.07, 6.45) is 10.4. The highest BCUT2D eigenvalue weighted by Gasteiger charge is 2.16. The first-order valence-corrected chi connectivity index (χ1v) is 14.1. The fraction of sp³-hybridized carbons (Fsp3) is 0.536. The highest BCUT2D eigenvalue weighted by atomic mass is 35.5. The monoisotopic (exact) mass is 567 g/mol. The van der Waals surface area contributed by atoms with Gasteiger partial charge in [0.15, 0.2) is 0 Å². The lowest BCUT2D eigenvalue weighted by molar-refractivity contribution is -0.385. The molecule has 0 saturated heterocycles. The predicted molar refractivity (Wildman–Crippen MR) is 153 cm³/mol. The van der Waals surface area contributed by atoms with Crippen LogP contribution in [-0.2, 0) is 16.0 Å². The molecule has 0 bridgehead atoms. The molecule has 38 heavy (non-hydrogen) atoms. The Kier molecular flexibility index (Phi) is 15.1. The van der Waals surface area contributed by atoms with Gasteiger partial charge < -0.3 is 20.9 Å². The Morgan fingerprint density at radius 3 is 2.13 bits per heavy atom. The van der Waals surface area contributed by atoms with E-state index in [-0.39, 0.29) is 12.1 Å². The van der Waals surface area contributed by atoms with Gasteiger partial charge in [0, 0.05) is 18.2 Å². The van der Waals surface area contributed by atoms with E-state index in [2.05, 4.69) is 5.32 Å². The minimum absolute atomic E-state index is 0.0522. The van der Waals surface area contributed by atoms with E-state index < -0.39 is 17.0 Å². The van der Waals surface area contributed by atoms with Crippen molar-refractivity contribution in [3.63, 3.8) is 0 Å². The zero-order valence-corrected chi connectivity index (χ0v) is 23.3. The molecule has 8 nitrogen and oxygen atoms in total. The molecule has 0 heterocycles. The summed E-state index contributed by atoms with van der Waals surface area (Å²) in [5.74, 6) is -0.428. The first-order chi connectivity index (χ1) is 18.3. The summed E-state index contributed by atoms with van der Waals surface area (Å²) in [6, 6.07) is 9.53. The zero-order chi connectivity index (χ0) is 27.8. The lowest BCUT2D eigenvalue weighted by Gasteiger charge is -2.14. The smallest absolute Gasteiger partial charge is 0.310 e. The molecule has 0 fully saturated rings. The van der Waals surface area contributed by atoms with E-state index in [0.717, 1.165) is 38.6 Å². The number of rotatable bonds is 19. The van der Waals surface area contributed by atoms with E-state index in [4.69, 9.17) is 33.7 Å². The van der Waals surface area contributed by atoms with E-state index >= 15 is 0 Å². The fourth-order valence-corrected chi connectivity index (χ4v) is 4.65. The minimum atomic E-state index is -0.684. The number of hydrogen-bond acceptors (Lipinski definition) is 7. The van der Waals surface area contributed by atoms with Gasteiger partial charge in [-0.2, -0.15) is 0 Å². The maximum absolute atomic E-state index is 12.0. The summed E-state index contributed by atoms with van der Waals surface area (Å²) in [4.78, 5) is 22.5. The van der Waals surface area contributed by atoms with E-state index in [9.17, 15) is 20.0 Å². The van der Waals surface area contributed by atoms with Crippen LogP contribution in [-0.4, -0.2) is 35.7 Å². The molecule has 1 unspecified atom stereocenters. The van der Waals surface area contributed by atoms with E-state index in [1.807, 2.05) is 0 Å². The molecule has 4 N–H and O–H groups in total. The number of halogens is 2. The number of nitro groups is 1. The molecule has 210 valence electrons. The number of aliphatic hydroxyl groups is 1. The number of nitrogens with one attached hydrogen (secondary N) is 1. The van der Waals surface area contributed by atoms with Crippen LogP contribution in [0.15, 0.2) is 36.4 Å². The number of anilines is 1. The lowest BCUT2D eigenvalue weighted by Crippen LogP contribution is -2.22. The predicted octanol–water partition coefficient (Wildman–Crippen LogP) is 6.79. The van der Waals surface area contributed by atoms with Crippen LogP contribution in [0.5, 0.6) is 0 Å². The molecule has 0 aliphatic rings. The average molecular weight is 569 g/mol. The number of para-hydroxylation sites is 1. The Morgan fingerprint density at radius 1 is 0.974 bits per heavy atom. The summed E-state index contributed by atoms with van der Waals surface area (Å²) in [5.41, 5.74) is 7.03. The Morgan fingerprint density at radius 2 is 1.53 bits per heavy atom. The number of benzene rings is 2. The van der Waals surface area contributed by atoms with Crippen molar-refractivity contribution in [1.29, 1.82) is 0 Å². The summed E-state index contributed by atoms with van der Waals surface area (Å²) in [5, 5.41) is 25.3. The van der Waals surface area contributed by atoms with Crippen molar-refractivity contribution in [3.8, 4) is 0 Å². The van der Waals surface area contributed by atoms with Crippen LogP contribution in [0.1, 0.15) is 81.4 Å². The molecule has 2 aromatic rings. The maximum Gasteiger partial charge on any atom is 0.310 e. The average Bonchev–Trinajstić information content (AvgIpc) is 2.89. The standard InChI is InChI=1S/C28H39Cl2N3O5/c29-23-17-22(18-24(30)28(23)31)26(34)20-32-15-11-7-5-3-1-2-4-6-8-12-16-38-27(35)19-21-13-9-10-14-25(21)33(36)37/h9-10,13-14,17-18,26,32,34H,1-8,11-12,15-16,19-20,31H2. The van der Waals surface area contributed by atoms with Gasteiger partial charge in [-0.3, -0.25) is 14.9 Å². The third kappa shape index (κ3) is 12.0. The minimum Gasteiger partial charge on any atom is -0.465 e. The third-order valence-electron chi connectivity index (χ3n) is 6.36. The van der Waals surface area contributed by atoms with E-state index in [1.54, 1.807) is 30.3 Å². The van der Waals surface area contributed by atoms with Crippen molar-refractivity contribution in [2.75, 3.05) is 25.4 Å². The second-order valence-electron chi connectivity index (χ2n) is 9.44. The van der Waals surface area contributed by atoms with Crippen molar-refractivity contribution >= 4 is 40.5 Å². The van der Waals surface area contributed by atoms with Crippen molar-refractivity contribution < 1.29 is 19.6 Å². The van der Waals surface area contributed by atoms with Gasteiger partial charge >= 0.3 is 5.97 Å². The molecule has 0 aromatic heterocycles. The second kappa shape index (κ2) is 18.0. The first-order valence-electron chi connectivity index (χ1n) is 13.3. The Hall–Kier alpha value is -2.39. The SMILES string of the molecule is Nc1c(Cl)cc(C(O)CNCCCCCCCCCCCCOC(=O)Cc2ccccc2[N+](=O)[O-])cc1Cl. The number of nitro benzene ring substituents is 1. The number of unbranched alkanes of at least 4 members (excludes halogenated alkanes) is 9. The highest BCUT2D eigenvalue weighted by Crippen LogP contribution is 2.31. The van der Waals surface area contributed by atoms with Crippen molar-refractivity contribution in [1.82, 2.24) is 5.32 Å². The molecule has 0 spiro atoms. The third-order valence-corrected chi connectivity index (χ3v) is 6.98. The summed E-state index contributed by atoms with van der Waals surface area (Å²) < 4.78 is 5.23. The van der Waals surface area contributed by atoms with Crippen LogP contribution in [0.4, 0.5) is 11.4 Å². The number of carbonyl (C=O) groups is 1. The summed E-state index contributed by atoms with van der Waals surface area (Å²) >= 11 is 12.1. The van der Waals surface area contributed by atoms with E-state index in [1.165, 1.54) is 38.2 Å². The van der Waals surface area contributed by atoms with Crippen molar-refractivity contribution in [3.05, 3.63) is 67.7 Å². The lowest BCUT2D eigenvalue weighted by atomic mass is 10.1. The van der Waals surface area contributed by atoms with Gasteiger partial charge in [-0.05, 0) is 37.1 Å². The van der Waals surface area contributed by atoms with Crippen molar-refractivity contribution in [2.24, 2.45) is 0 Å². The molecule has 10 heteroatoms. The van der Waals surface area contributed by atoms with Crippen LogP contribution in [0.25, 0.3) is 0 Å². The number of ether oxygens (including phenoxy) is 1. The number of nitrogens with zero attached hydrogens (tertiary/aromatic N) is 1. The van der Waals surface area contributed by atoms with Crippen LogP contribution < -0.4 is 11.1 Å². The molecule has 0 amide bonds. The van der Waals surface area contributed by atoms with Crippen LogP contribution in [0, 0.1) is 10.1 Å². The van der Waals surface area contributed by atoms with Gasteiger partial charge in [0.05, 0.1) is 39.8 Å². The Labute approximate surface area is 235 Å². The van der Waals surface area contributed by atoms with E-state index in [0.29, 0.717) is 40.0 Å². The zero-order valence-electron chi connectivity index (χ0n) is 21.8. The number of carbonyl (C=O) groups excluding carboxylic acids is 1. The van der Waals surface area contributed by atoms with Gasteiger partial charge in [0.1, 0.15) is 0 Å². The van der Waals surface area contributed by atoms with Crippen molar-refractivity contribution in [2.45, 2.75) is 76.7 Å². The molecule has 0 saturated carbocycles. The molecule has 0 aliphatic heterocycles. The Balaban J connectivity index is 1.38. The topological polar surface area (TPSA) is 128 Å². The fourth-order valence-electron chi connectivity index (χ4n) is 4.15. The number of esters is 1. The molecule has 0 radical (unpaired) electrons. The largest absolute Gasteiger partial charge is 0.465 e. The summed E-state index contributed by atoms with van der Waals surface area (Å²) in [7, 11) is 0. The number of hydrogen-bond donors (Lipinski definition) is 3.